The predicted octanol–water partition coefficient (Wildman–Crippen LogP) is 2.48. The van der Waals surface area contributed by atoms with E-state index in [1.165, 1.54) is 0 Å². The first-order valence-corrected chi connectivity index (χ1v) is 7.38. The molecule has 0 aliphatic heterocycles. The summed E-state index contributed by atoms with van der Waals surface area (Å²) in [5, 5.41) is 21.7. The van der Waals surface area contributed by atoms with Gasteiger partial charge in [0.05, 0.1) is 0 Å². The molecule has 22 heavy (non-hydrogen) atoms. The highest BCUT2D eigenvalue weighted by Gasteiger charge is 2.11. The van der Waals surface area contributed by atoms with Crippen LogP contribution in [0.25, 0.3) is 0 Å². The van der Waals surface area contributed by atoms with E-state index in [2.05, 4.69) is 5.32 Å². The highest BCUT2D eigenvalue weighted by molar-refractivity contribution is 6.40. The zero-order valence-electron chi connectivity index (χ0n) is 11.6. The fourth-order valence-corrected chi connectivity index (χ4v) is 2.47. The Kier molecular flexibility index (Phi) is 5.86. The van der Waals surface area contributed by atoms with Gasteiger partial charge in [-0.2, -0.15) is 0 Å². The number of hydrogen-bond acceptors (Lipinski definition) is 3. The van der Waals surface area contributed by atoms with Crippen LogP contribution in [0.4, 0.5) is 0 Å². The second-order valence-corrected chi connectivity index (χ2v) is 5.65. The van der Waals surface area contributed by atoms with Crippen LogP contribution in [0.2, 0.25) is 10.0 Å². The average Bonchev–Trinajstić information content (AvgIpc) is 2.45. The summed E-state index contributed by atoms with van der Waals surface area (Å²) in [7, 11) is -1.44. The number of hydrogen-bond donors (Lipinski definition) is 3. The minimum absolute atomic E-state index is 0.0735. The Labute approximate surface area is 138 Å². The monoisotopic (exact) mass is 337 g/mol. The summed E-state index contributed by atoms with van der Waals surface area (Å²) in [6.07, 6.45) is 0.0735. The molecule has 0 aliphatic carbocycles. The van der Waals surface area contributed by atoms with Gasteiger partial charge in [0.1, 0.15) is 0 Å². The maximum absolute atomic E-state index is 12.1. The van der Waals surface area contributed by atoms with Gasteiger partial charge in [0, 0.05) is 28.5 Å². The standard InChI is InChI=1S/C15H14BCl2NO3/c17-13-5-4-12(14(18)7-13)9-19-15(20)11-3-1-2-10(6-11)8-16(21)22/h1-7,21-22H,8-9H2,(H,19,20). The third-order valence-electron chi connectivity index (χ3n) is 3.06. The molecule has 0 saturated carbocycles. The molecule has 0 unspecified atom stereocenters. The SMILES string of the molecule is O=C(NCc1ccc(Cl)cc1Cl)c1cccc(CB(O)O)c1. The molecule has 4 nitrogen and oxygen atoms in total. The molecular weight excluding hydrogens is 324 g/mol. The van der Waals surface area contributed by atoms with Crippen LogP contribution in [0.15, 0.2) is 42.5 Å². The number of halogens is 2. The van der Waals surface area contributed by atoms with Gasteiger partial charge in [-0.05, 0) is 35.4 Å². The molecule has 1 amide bonds. The van der Waals surface area contributed by atoms with Crippen molar-refractivity contribution in [3.05, 3.63) is 69.2 Å². The summed E-state index contributed by atoms with van der Waals surface area (Å²) in [4.78, 5) is 12.1. The van der Waals surface area contributed by atoms with E-state index in [0.29, 0.717) is 21.2 Å². The molecule has 0 heterocycles. The number of nitrogens with one attached hydrogen (secondary N) is 1. The van der Waals surface area contributed by atoms with Gasteiger partial charge < -0.3 is 15.4 Å². The Morgan fingerprint density at radius 1 is 1.14 bits per heavy atom. The molecular formula is C15H14BCl2NO3. The van der Waals surface area contributed by atoms with E-state index < -0.39 is 7.12 Å². The molecule has 114 valence electrons. The van der Waals surface area contributed by atoms with Crippen molar-refractivity contribution >= 4 is 36.2 Å². The Morgan fingerprint density at radius 2 is 1.91 bits per heavy atom. The number of carbonyl (C=O) groups excluding carboxylic acids is 1. The van der Waals surface area contributed by atoms with Crippen molar-refractivity contribution in [1.82, 2.24) is 5.32 Å². The highest BCUT2D eigenvalue weighted by atomic mass is 35.5. The summed E-state index contributed by atoms with van der Waals surface area (Å²) >= 11 is 11.9. The predicted molar refractivity (Wildman–Crippen MR) is 88.0 cm³/mol. The van der Waals surface area contributed by atoms with E-state index in [4.69, 9.17) is 33.2 Å². The summed E-state index contributed by atoms with van der Waals surface area (Å²) < 4.78 is 0. The van der Waals surface area contributed by atoms with Crippen molar-refractivity contribution in [2.24, 2.45) is 0 Å². The topological polar surface area (TPSA) is 69.6 Å². The molecule has 0 saturated heterocycles. The average molecular weight is 338 g/mol. The first-order chi connectivity index (χ1) is 10.5. The van der Waals surface area contributed by atoms with Crippen LogP contribution < -0.4 is 5.32 Å². The van der Waals surface area contributed by atoms with Crippen molar-refractivity contribution in [2.75, 3.05) is 0 Å². The second kappa shape index (κ2) is 7.65. The number of amides is 1. The summed E-state index contributed by atoms with van der Waals surface area (Å²) in [5.74, 6) is -0.264. The molecule has 0 fully saturated rings. The quantitative estimate of drug-likeness (QED) is 0.734. The lowest BCUT2D eigenvalue weighted by molar-refractivity contribution is 0.0951. The van der Waals surface area contributed by atoms with E-state index in [1.807, 2.05) is 0 Å². The van der Waals surface area contributed by atoms with Crippen LogP contribution in [-0.2, 0) is 12.9 Å². The number of rotatable bonds is 5. The van der Waals surface area contributed by atoms with Crippen molar-refractivity contribution in [3.63, 3.8) is 0 Å². The minimum atomic E-state index is -1.44. The number of benzene rings is 2. The Bertz CT molecular complexity index is 680. The van der Waals surface area contributed by atoms with E-state index in [0.717, 1.165) is 5.56 Å². The molecule has 0 atom stereocenters. The van der Waals surface area contributed by atoms with E-state index >= 15 is 0 Å². The summed E-state index contributed by atoms with van der Waals surface area (Å²) in [6, 6.07) is 11.8. The number of carbonyl (C=O) groups is 1. The van der Waals surface area contributed by atoms with Crippen molar-refractivity contribution < 1.29 is 14.8 Å². The van der Waals surface area contributed by atoms with Gasteiger partial charge in [-0.1, -0.05) is 41.4 Å². The van der Waals surface area contributed by atoms with Gasteiger partial charge in [-0.3, -0.25) is 4.79 Å². The third-order valence-corrected chi connectivity index (χ3v) is 3.65. The van der Waals surface area contributed by atoms with Gasteiger partial charge >= 0.3 is 7.12 Å². The maximum Gasteiger partial charge on any atom is 0.456 e. The van der Waals surface area contributed by atoms with Crippen LogP contribution in [0.3, 0.4) is 0 Å². The van der Waals surface area contributed by atoms with Crippen LogP contribution >= 0.6 is 23.2 Å². The fraction of sp³-hybridized carbons (Fsp3) is 0.133. The maximum atomic E-state index is 12.1. The van der Waals surface area contributed by atoms with Crippen LogP contribution in [0.1, 0.15) is 21.5 Å². The zero-order chi connectivity index (χ0) is 16.1. The molecule has 2 rings (SSSR count). The molecule has 2 aromatic rings. The van der Waals surface area contributed by atoms with Crippen LogP contribution in [0, 0.1) is 0 Å². The minimum Gasteiger partial charge on any atom is -0.427 e. The smallest absolute Gasteiger partial charge is 0.427 e. The Hall–Kier alpha value is -1.53. The molecule has 0 aliphatic rings. The first kappa shape index (κ1) is 16.8. The van der Waals surface area contributed by atoms with Crippen molar-refractivity contribution in [1.29, 1.82) is 0 Å². The Balaban J connectivity index is 2.03. The van der Waals surface area contributed by atoms with Gasteiger partial charge in [-0.25, -0.2) is 0 Å². The zero-order valence-corrected chi connectivity index (χ0v) is 13.1. The van der Waals surface area contributed by atoms with Crippen LogP contribution in [0.5, 0.6) is 0 Å². The van der Waals surface area contributed by atoms with Crippen LogP contribution in [-0.4, -0.2) is 23.1 Å². The summed E-state index contributed by atoms with van der Waals surface area (Å²) in [6.45, 7) is 0.279. The van der Waals surface area contributed by atoms with Crippen molar-refractivity contribution in [3.8, 4) is 0 Å². The largest absolute Gasteiger partial charge is 0.456 e. The fourth-order valence-electron chi connectivity index (χ4n) is 1.99. The molecule has 0 bridgehead atoms. The first-order valence-electron chi connectivity index (χ1n) is 6.63. The van der Waals surface area contributed by atoms with Gasteiger partial charge in [0.15, 0.2) is 0 Å². The molecule has 0 aromatic heterocycles. The Morgan fingerprint density at radius 3 is 2.59 bits per heavy atom. The van der Waals surface area contributed by atoms with Crippen molar-refractivity contribution in [2.45, 2.75) is 12.9 Å². The molecule has 7 heteroatoms. The van der Waals surface area contributed by atoms with E-state index in [-0.39, 0.29) is 18.8 Å². The highest BCUT2D eigenvalue weighted by Crippen LogP contribution is 2.20. The van der Waals surface area contributed by atoms with E-state index in [9.17, 15) is 4.79 Å². The molecule has 3 N–H and O–H groups in total. The lowest BCUT2D eigenvalue weighted by atomic mass is 9.81. The summed E-state index contributed by atoms with van der Waals surface area (Å²) in [5.41, 5.74) is 1.89. The molecule has 0 radical (unpaired) electrons. The van der Waals surface area contributed by atoms with E-state index in [1.54, 1.807) is 42.5 Å². The normalized spacial score (nSPS) is 10.4. The molecule has 2 aromatic carbocycles. The third kappa shape index (κ3) is 4.75. The molecule has 0 spiro atoms. The lowest BCUT2D eigenvalue weighted by Gasteiger charge is -2.08. The van der Waals surface area contributed by atoms with Gasteiger partial charge in [-0.15, -0.1) is 0 Å². The van der Waals surface area contributed by atoms with Gasteiger partial charge in [0.25, 0.3) is 5.91 Å². The second-order valence-electron chi connectivity index (χ2n) is 4.80. The van der Waals surface area contributed by atoms with Gasteiger partial charge in [0.2, 0.25) is 0 Å². The lowest BCUT2D eigenvalue weighted by Crippen LogP contribution is -2.23.